The largest absolute Gasteiger partial charge is 0.313 e. The Hall–Kier alpha value is -0.480. The van der Waals surface area contributed by atoms with Gasteiger partial charge >= 0.3 is 0 Å². The molecule has 0 radical (unpaired) electrons. The molecule has 1 aliphatic carbocycles. The molecule has 0 heterocycles. The van der Waals surface area contributed by atoms with Gasteiger partial charge in [-0.1, -0.05) is 27.7 Å². The minimum absolute atomic E-state index is 0.477. The van der Waals surface area contributed by atoms with E-state index in [-0.39, 0.29) is 0 Å². The molecular weight excluding hydrogens is 206 g/mol. The fourth-order valence-electron chi connectivity index (χ4n) is 3.18. The number of hydrogen-bond donors (Lipinski definition) is 1. The van der Waals surface area contributed by atoms with E-state index in [0.717, 1.165) is 24.8 Å². The minimum Gasteiger partial charge on any atom is -0.313 e. The van der Waals surface area contributed by atoms with Gasteiger partial charge in [-0.15, -0.1) is 12.3 Å². The molecule has 1 nitrogen and oxygen atoms in total. The van der Waals surface area contributed by atoms with Crippen molar-refractivity contribution in [3.8, 4) is 12.3 Å². The van der Waals surface area contributed by atoms with Crippen molar-refractivity contribution in [1.82, 2.24) is 5.32 Å². The van der Waals surface area contributed by atoms with E-state index >= 15 is 0 Å². The zero-order valence-electron chi connectivity index (χ0n) is 12.1. The van der Waals surface area contributed by atoms with Crippen LogP contribution in [0.5, 0.6) is 0 Å². The summed E-state index contributed by atoms with van der Waals surface area (Å²) in [5.74, 6) is 4.52. The van der Waals surface area contributed by atoms with Crippen LogP contribution < -0.4 is 5.32 Å². The van der Waals surface area contributed by atoms with Gasteiger partial charge in [0, 0.05) is 12.5 Å². The van der Waals surface area contributed by atoms with Crippen LogP contribution >= 0.6 is 0 Å². The van der Waals surface area contributed by atoms with Gasteiger partial charge in [-0.2, -0.15) is 0 Å². The normalized spacial score (nSPS) is 27.5. The van der Waals surface area contributed by atoms with E-state index in [1.807, 2.05) is 0 Å². The van der Waals surface area contributed by atoms with E-state index in [1.165, 1.54) is 25.7 Å². The third kappa shape index (κ3) is 4.36. The Bertz CT molecular complexity index is 248. The van der Waals surface area contributed by atoms with E-state index in [2.05, 4.69) is 38.9 Å². The highest BCUT2D eigenvalue weighted by molar-refractivity contribution is 4.94. The van der Waals surface area contributed by atoms with Gasteiger partial charge in [0.1, 0.15) is 0 Å². The van der Waals surface area contributed by atoms with Crippen molar-refractivity contribution in [2.75, 3.05) is 6.54 Å². The summed E-state index contributed by atoms with van der Waals surface area (Å²) < 4.78 is 0. The van der Waals surface area contributed by atoms with Gasteiger partial charge in [0.25, 0.3) is 0 Å². The van der Waals surface area contributed by atoms with E-state index in [4.69, 9.17) is 6.42 Å². The Morgan fingerprint density at radius 3 is 2.24 bits per heavy atom. The van der Waals surface area contributed by atoms with Gasteiger partial charge in [0.05, 0.1) is 0 Å². The molecule has 0 aromatic heterocycles. The molecule has 98 valence electrons. The van der Waals surface area contributed by atoms with Gasteiger partial charge in [0.2, 0.25) is 0 Å². The second-order valence-electron chi connectivity index (χ2n) is 6.55. The SMILES string of the molecule is C#CCC(NCC)C1CCC(C(C)(C)C)CC1. The van der Waals surface area contributed by atoms with Crippen LogP contribution in [0.1, 0.15) is 59.8 Å². The van der Waals surface area contributed by atoms with Crippen molar-refractivity contribution < 1.29 is 0 Å². The highest BCUT2D eigenvalue weighted by Gasteiger charge is 2.32. The summed E-state index contributed by atoms with van der Waals surface area (Å²) in [6.07, 6.45) is 11.8. The van der Waals surface area contributed by atoms with Gasteiger partial charge in [-0.05, 0) is 49.5 Å². The molecule has 0 bridgehead atoms. The molecule has 0 saturated heterocycles. The maximum atomic E-state index is 5.47. The Labute approximate surface area is 108 Å². The Balaban J connectivity index is 2.47. The van der Waals surface area contributed by atoms with Crippen molar-refractivity contribution in [2.45, 2.75) is 65.8 Å². The zero-order valence-corrected chi connectivity index (χ0v) is 12.1. The van der Waals surface area contributed by atoms with E-state index in [0.29, 0.717) is 11.5 Å². The van der Waals surface area contributed by atoms with Crippen LogP contribution in [-0.4, -0.2) is 12.6 Å². The smallest absolute Gasteiger partial charge is 0.0243 e. The fraction of sp³-hybridized carbons (Fsp3) is 0.875. The van der Waals surface area contributed by atoms with Crippen molar-refractivity contribution in [3.05, 3.63) is 0 Å². The summed E-state index contributed by atoms with van der Waals surface area (Å²) in [6, 6.07) is 0.547. The van der Waals surface area contributed by atoms with Crippen molar-refractivity contribution in [2.24, 2.45) is 17.3 Å². The molecule has 1 aliphatic rings. The minimum atomic E-state index is 0.477. The highest BCUT2D eigenvalue weighted by Crippen LogP contribution is 2.40. The predicted molar refractivity (Wildman–Crippen MR) is 75.8 cm³/mol. The molecule has 0 aromatic carbocycles. The molecule has 1 unspecified atom stereocenters. The van der Waals surface area contributed by atoms with Gasteiger partial charge in [0.15, 0.2) is 0 Å². The molecule has 1 saturated carbocycles. The molecule has 0 aromatic rings. The first-order valence-corrected chi connectivity index (χ1v) is 7.15. The Kier molecular flexibility index (Phi) is 5.53. The summed E-state index contributed by atoms with van der Waals surface area (Å²) in [7, 11) is 0. The second-order valence-corrected chi connectivity index (χ2v) is 6.55. The average Bonchev–Trinajstić information content (AvgIpc) is 2.28. The molecule has 1 N–H and O–H groups in total. The van der Waals surface area contributed by atoms with Gasteiger partial charge in [-0.3, -0.25) is 0 Å². The van der Waals surface area contributed by atoms with Crippen LogP contribution in [0.25, 0.3) is 0 Å². The second kappa shape index (κ2) is 6.45. The van der Waals surface area contributed by atoms with Crippen LogP contribution in [0.3, 0.4) is 0 Å². The van der Waals surface area contributed by atoms with Crippen LogP contribution in [-0.2, 0) is 0 Å². The average molecular weight is 235 g/mol. The van der Waals surface area contributed by atoms with Crippen molar-refractivity contribution in [1.29, 1.82) is 0 Å². The maximum absolute atomic E-state index is 5.47. The highest BCUT2D eigenvalue weighted by atomic mass is 14.9. The van der Waals surface area contributed by atoms with Crippen LogP contribution in [0.15, 0.2) is 0 Å². The summed E-state index contributed by atoms with van der Waals surface area (Å²) in [5.41, 5.74) is 0.477. The van der Waals surface area contributed by atoms with Crippen molar-refractivity contribution >= 4 is 0 Å². The zero-order chi connectivity index (χ0) is 12.9. The Morgan fingerprint density at radius 1 is 1.24 bits per heavy atom. The lowest BCUT2D eigenvalue weighted by Crippen LogP contribution is -2.39. The van der Waals surface area contributed by atoms with E-state index in [1.54, 1.807) is 0 Å². The lowest BCUT2D eigenvalue weighted by atomic mass is 9.68. The molecular formula is C16H29N. The standard InChI is InChI=1S/C16H29N/c1-6-8-15(17-7-2)13-9-11-14(12-10-13)16(3,4)5/h1,13-15,17H,7-12H2,2-5H3. The lowest BCUT2D eigenvalue weighted by Gasteiger charge is -2.39. The monoisotopic (exact) mass is 235 g/mol. The molecule has 1 fully saturated rings. The first-order chi connectivity index (χ1) is 7.99. The number of hydrogen-bond acceptors (Lipinski definition) is 1. The first-order valence-electron chi connectivity index (χ1n) is 7.15. The molecule has 17 heavy (non-hydrogen) atoms. The maximum Gasteiger partial charge on any atom is 0.0243 e. The molecule has 1 atom stereocenters. The summed E-state index contributed by atoms with van der Waals surface area (Å²) in [4.78, 5) is 0. The Morgan fingerprint density at radius 2 is 1.82 bits per heavy atom. The quantitative estimate of drug-likeness (QED) is 0.730. The molecule has 0 spiro atoms. The van der Waals surface area contributed by atoms with Crippen LogP contribution in [0.4, 0.5) is 0 Å². The predicted octanol–water partition coefficient (Wildman–Crippen LogP) is 3.84. The van der Waals surface area contributed by atoms with Crippen molar-refractivity contribution in [3.63, 3.8) is 0 Å². The third-order valence-electron chi connectivity index (χ3n) is 4.37. The summed E-state index contributed by atoms with van der Waals surface area (Å²) in [6.45, 7) is 10.3. The molecule has 1 rings (SSSR count). The van der Waals surface area contributed by atoms with E-state index in [9.17, 15) is 0 Å². The van der Waals surface area contributed by atoms with Crippen LogP contribution in [0, 0.1) is 29.6 Å². The van der Waals surface area contributed by atoms with Gasteiger partial charge in [-0.25, -0.2) is 0 Å². The molecule has 0 aliphatic heterocycles. The lowest BCUT2D eigenvalue weighted by molar-refractivity contribution is 0.133. The van der Waals surface area contributed by atoms with Crippen LogP contribution in [0.2, 0.25) is 0 Å². The number of nitrogens with one attached hydrogen (secondary N) is 1. The third-order valence-corrected chi connectivity index (χ3v) is 4.37. The number of rotatable bonds is 4. The first kappa shape index (κ1) is 14.6. The van der Waals surface area contributed by atoms with Gasteiger partial charge < -0.3 is 5.32 Å². The topological polar surface area (TPSA) is 12.0 Å². The van der Waals surface area contributed by atoms with E-state index < -0.39 is 0 Å². The summed E-state index contributed by atoms with van der Waals surface area (Å²) in [5, 5.41) is 3.56. The molecule has 0 amide bonds. The summed E-state index contributed by atoms with van der Waals surface area (Å²) >= 11 is 0. The molecule has 1 heteroatoms. The number of terminal acetylenes is 1. The fourth-order valence-corrected chi connectivity index (χ4v) is 3.18.